The third-order valence-corrected chi connectivity index (χ3v) is 4.35. The molecule has 0 amide bonds. The summed E-state index contributed by atoms with van der Waals surface area (Å²) in [6.07, 6.45) is 3.51. The summed E-state index contributed by atoms with van der Waals surface area (Å²) in [7, 11) is 1.82. The van der Waals surface area contributed by atoms with Crippen molar-refractivity contribution < 1.29 is 4.74 Å². The predicted octanol–water partition coefficient (Wildman–Crippen LogP) is 2.62. The third-order valence-electron chi connectivity index (χ3n) is 4.35. The molecule has 0 aromatic heterocycles. The maximum atomic E-state index is 5.34. The van der Waals surface area contributed by atoms with Crippen molar-refractivity contribution in [3.05, 3.63) is 35.4 Å². The summed E-state index contributed by atoms with van der Waals surface area (Å²) in [5.41, 5.74) is 3.17. The van der Waals surface area contributed by atoms with E-state index in [1.54, 1.807) is 0 Å². The molecule has 0 spiro atoms. The Morgan fingerprint density at radius 2 is 2.05 bits per heavy atom. The van der Waals surface area contributed by atoms with Gasteiger partial charge in [-0.3, -0.25) is 4.99 Å². The maximum absolute atomic E-state index is 5.34. The van der Waals surface area contributed by atoms with Crippen molar-refractivity contribution in [2.45, 2.75) is 38.5 Å². The largest absolute Gasteiger partial charge is 0.382 e. The minimum Gasteiger partial charge on any atom is -0.382 e. The summed E-state index contributed by atoms with van der Waals surface area (Å²) in [6.45, 7) is 7.64. The molecule has 0 bridgehead atoms. The number of guanidine groups is 1. The minimum atomic E-state index is 0.300. The summed E-state index contributed by atoms with van der Waals surface area (Å²) >= 11 is 0. The zero-order valence-electron chi connectivity index (χ0n) is 14.1. The van der Waals surface area contributed by atoms with Crippen molar-refractivity contribution >= 4 is 5.96 Å². The zero-order chi connectivity index (χ0) is 15.8. The first-order chi connectivity index (χ1) is 10.7. The second-order valence-corrected chi connectivity index (χ2v) is 6.00. The molecule has 1 fully saturated rings. The zero-order valence-corrected chi connectivity index (χ0v) is 14.1. The Bertz CT molecular complexity index is 495. The highest BCUT2D eigenvalue weighted by atomic mass is 16.5. The van der Waals surface area contributed by atoms with Crippen LogP contribution in [0.25, 0.3) is 0 Å². The second-order valence-electron chi connectivity index (χ2n) is 6.00. The van der Waals surface area contributed by atoms with Gasteiger partial charge in [-0.15, -0.1) is 0 Å². The lowest BCUT2D eigenvalue weighted by molar-refractivity contribution is 0.145. The summed E-state index contributed by atoms with van der Waals surface area (Å²) in [5.74, 6) is 0.886. The number of nitrogens with zero attached hydrogens (tertiary/aromatic N) is 1. The molecule has 1 aliphatic rings. The highest BCUT2D eigenvalue weighted by Crippen LogP contribution is 2.48. The Balaban J connectivity index is 1.80. The van der Waals surface area contributed by atoms with Crippen LogP contribution in [0.15, 0.2) is 29.3 Å². The number of benzene rings is 1. The van der Waals surface area contributed by atoms with Crippen LogP contribution in [0.4, 0.5) is 0 Å². The molecule has 0 saturated heterocycles. The van der Waals surface area contributed by atoms with Crippen LogP contribution in [0.2, 0.25) is 0 Å². The van der Waals surface area contributed by atoms with Gasteiger partial charge in [0.2, 0.25) is 0 Å². The molecule has 1 aliphatic carbocycles. The molecular weight excluding hydrogens is 274 g/mol. The standard InChI is InChI=1S/C18H29N3O/c1-4-22-13-7-12-20-17(19-3)21-14-18(10-11-18)16-9-6-5-8-15(16)2/h5-6,8-9H,4,7,10-14H2,1-3H3,(H2,19,20,21). The SMILES string of the molecule is CCOCCCNC(=NC)NCC1(c2ccccc2C)CC1. The van der Waals surface area contributed by atoms with Crippen LogP contribution < -0.4 is 10.6 Å². The van der Waals surface area contributed by atoms with Crippen molar-refractivity contribution in [1.29, 1.82) is 0 Å². The van der Waals surface area contributed by atoms with E-state index in [0.717, 1.165) is 38.7 Å². The highest BCUT2D eigenvalue weighted by Gasteiger charge is 2.44. The molecule has 0 aliphatic heterocycles. The lowest BCUT2D eigenvalue weighted by Crippen LogP contribution is -2.41. The summed E-state index contributed by atoms with van der Waals surface area (Å²) in [4.78, 5) is 4.31. The van der Waals surface area contributed by atoms with Gasteiger partial charge in [0.25, 0.3) is 0 Å². The lowest BCUT2D eigenvalue weighted by Gasteiger charge is -2.20. The van der Waals surface area contributed by atoms with E-state index in [1.807, 2.05) is 14.0 Å². The highest BCUT2D eigenvalue weighted by molar-refractivity contribution is 5.79. The quantitative estimate of drug-likeness (QED) is 0.441. The van der Waals surface area contributed by atoms with E-state index < -0.39 is 0 Å². The molecule has 2 rings (SSSR count). The van der Waals surface area contributed by atoms with Crippen LogP contribution in [0, 0.1) is 6.92 Å². The number of aryl methyl sites for hydroxylation is 1. The first-order valence-corrected chi connectivity index (χ1v) is 8.30. The van der Waals surface area contributed by atoms with Crippen molar-refractivity contribution in [3.8, 4) is 0 Å². The molecule has 0 heterocycles. The summed E-state index contributed by atoms with van der Waals surface area (Å²) in [6, 6.07) is 8.73. The van der Waals surface area contributed by atoms with Gasteiger partial charge >= 0.3 is 0 Å². The number of rotatable bonds is 8. The first-order valence-electron chi connectivity index (χ1n) is 8.30. The average molecular weight is 303 g/mol. The molecule has 122 valence electrons. The Kier molecular flexibility index (Phi) is 6.25. The molecule has 4 nitrogen and oxygen atoms in total. The molecule has 1 aromatic carbocycles. The molecular formula is C18H29N3O. The second kappa shape index (κ2) is 8.18. The molecule has 2 N–H and O–H groups in total. The molecule has 1 aromatic rings. The van der Waals surface area contributed by atoms with Gasteiger partial charge in [0.1, 0.15) is 0 Å². The number of hydrogen-bond donors (Lipinski definition) is 2. The van der Waals surface area contributed by atoms with Gasteiger partial charge < -0.3 is 15.4 Å². The minimum absolute atomic E-state index is 0.300. The van der Waals surface area contributed by atoms with E-state index in [4.69, 9.17) is 4.74 Å². The Labute approximate surface area is 134 Å². The van der Waals surface area contributed by atoms with Gasteiger partial charge in [-0.2, -0.15) is 0 Å². The van der Waals surface area contributed by atoms with E-state index >= 15 is 0 Å². The van der Waals surface area contributed by atoms with E-state index in [0.29, 0.717) is 5.41 Å². The van der Waals surface area contributed by atoms with Crippen LogP contribution in [0.1, 0.15) is 37.3 Å². The number of ether oxygens (including phenoxy) is 1. The van der Waals surface area contributed by atoms with Crippen LogP contribution in [-0.4, -0.2) is 39.3 Å². The molecule has 0 atom stereocenters. The Hall–Kier alpha value is -1.55. The van der Waals surface area contributed by atoms with E-state index in [1.165, 1.54) is 24.0 Å². The smallest absolute Gasteiger partial charge is 0.191 e. The van der Waals surface area contributed by atoms with Crippen molar-refractivity contribution in [3.63, 3.8) is 0 Å². The molecule has 0 radical (unpaired) electrons. The van der Waals surface area contributed by atoms with Gasteiger partial charge in [-0.1, -0.05) is 24.3 Å². The predicted molar refractivity (Wildman–Crippen MR) is 92.6 cm³/mol. The maximum Gasteiger partial charge on any atom is 0.191 e. The van der Waals surface area contributed by atoms with E-state index in [-0.39, 0.29) is 0 Å². The molecule has 1 saturated carbocycles. The molecule has 4 heteroatoms. The van der Waals surface area contributed by atoms with Crippen LogP contribution >= 0.6 is 0 Å². The number of nitrogens with one attached hydrogen (secondary N) is 2. The normalized spacial score (nSPS) is 16.4. The fraction of sp³-hybridized carbons (Fsp3) is 0.611. The Morgan fingerprint density at radius 1 is 1.27 bits per heavy atom. The van der Waals surface area contributed by atoms with Crippen molar-refractivity contribution in [2.75, 3.05) is 33.4 Å². The third kappa shape index (κ3) is 4.47. The van der Waals surface area contributed by atoms with Gasteiger partial charge in [0.05, 0.1) is 0 Å². The summed E-state index contributed by atoms with van der Waals surface area (Å²) in [5, 5.41) is 6.84. The van der Waals surface area contributed by atoms with Gasteiger partial charge in [0.15, 0.2) is 5.96 Å². The van der Waals surface area contributed by atoms with Crippen LogP contribution in [0.5, 0.6) is 0 Å². The van der Waals surface area contributed by atoms with Gasteiger partial charge in [-0.25, -0.2) is 0 Å². The van der Waals surface area contributed by atoms with Crippen molar-refractivity contribution in [2.24, 2.45) is 4.99 Å². The van der Waals surface area contributed by atoms with Gasteiger partial charge in [-0.05, 0) is 44.2 Å². The fourth-order valence-electron chi connectivity index (χ4n) is 2.86. The average Bonchev–Trinajstić information content (AvgIpc) is 3.31. The summed E-state index contributed by atoms with van der Waals surface area (Å²) < 4.78 is 5.34. The number of hydrogen-bond acceptors (Lipinski definition) is 2. The lowest BCUT2D eigenvalue weighted by atomic mass is 9.92. The van der Waals surface area contributed by atoms with Crippen molar-refractivity contribution in [1.82, 2.24) is 10.6 Å². The molecule has 0 unspecified atom stereocenters. The fourth-order valence-corrected chi connectivity index (χ4v) is 2.86. The topological polar surface area (TPSA) is 45.6 Å². The molecule has 22 heavy (non-hydrogen) atoms. The number of aliphatic imine (C=N–C) groups is 1. The monoisotopic (exact) mass is 303 g/mol. The Morgan fingerprint density at radius 3 is 2.68 bits per heavy atom. The van der Waals surface area contributed by atoms with Gasteiger partial charge in [0, 0.05) is 38.8 Å². The first kappa shape index (κ1) is 16.8. The van der Waals surface area contributed by atoms with Crippen LogP contribution in [-0.2, 0) is 10.2 Å². The van der Waals surface area contributed by atoms with E-state index in [9.17, 15) is 0 Å². The van der Waals surface area contributed by atoms with E-state index in [2.05, 4.69) is 46.8 Å². The van der Waals surface area contributed by atoms with Crippen LogP contribution in [0.3, 0.4) is 0 Å².